The van der Waals surface area contributed by atoms with E-state index in [-0.39, 0.29) is 17.1 Å². The van der Waals surface area contributed by atoms with E-state index in [1.807, 2.05) is 6.92 Å². The highest BCUT2D eigenvalue weighted by atomic mass is 16.4. The number of fused-ring (bicyclic) bond motifs is 1. The molecule has 0 radical (unpaired) electrons. The lowest BCUT2D eigenvalue weighted by Gasteiger charge is -2.13. The number of nitrogens with one attached hydrogen (secondary N) is 1. The van der Waals surface area contributed by atoms with Crippen molar-refractivity contribution in [3.8, 4) is 0 Å². The molecule has 0 amide bonds. The second-order valence-electron chi connectivity index (χ2n) is 6.91. The van der Waals surface area contributed by atoms with Crippen LogP contribution in [0.1, 0.15) is 57.2 Å². The van der Waals surface area contributed by atoms with Gasteiger partial charge >= 0.3 is 11.7 Å². The number of carbonyl (C=O) groups is 1. The van der Waals surface area contributed by atoms with E-state index >= 15 is 0 Å². The van der Waals surface area contributed by atoms with Crippen LogP contribution in [0.5, 0.6) is 0 Å². The molecule has 0 spiro atoms. The fraction of sp³-hybridized carbons (Fsp3) is 0.647. The highest BCUT2D eigenvalue weighted by Crippen LogP contribution is 2.30. The lowest BCUT2D eigenvalue weighted by Crippen LogP contribution is -2.41. The predicted octanol–water partition coefficient (Wildman–Crippen LogP) is 0.789. The highest BCUT2D eigenvalue weighted by molar-refractivity contribution is 5.71. The monoisotopic (exact) mass is 364 g/mol. The molecule has 9 nitrogen and oxygen atoms in total. The van der Waals surface area contributed by atoms with E-state index in [0.29, 0.717) is 25.2 Å². The number of aliphatic hydroxyl groups is 1. The number of hydrogen-bond acceptors (Lipinski definition) is 5. The summed E-state index contributed by atoms with van der Waals surface area (Å²) in [6.07, 6.45) is 4.30. The second kappa shape index (κ2) is 7.45. The van der Waals surface area contributed by atoms with Gasteiger partial charge in [0.1, 0.15) is 17.9 Å². The Bertz CT molecular complexity index is 926. The molecule has 3 rings (SSSR count). The Morgan fingerprint density at radius 3 is 2.69 bits per heavy atom. The van der Waals surface area contributed by atoms with E-state index in [9.17, 15) is 19.5 Å². The zero-order valence-corrected chi connectivity index (χ0v) is 14.8. The maximum atomic E-state index is 12.6. The summed E-state index contributed by atoms with van der Waals surface area (Å²) in [6, 6.07) is 0. The quantitative estimate of drug-likeness (QED) is 0.673. The zero-order valence-electron chi connectivity index (χ0n) is 14.8. The van der Waals surface area contributed by atoms with Gasteiger partial charge < -0.3 is 15.2 Å². The summed E-state index contributed by atoms with van der Waals surface area (Å²) < 4.78 is 2.08. The van der Waals surface area contributed by atoms with Gasteiger partial charge in [-0.05, 0) is 25.7 Å². The molecule has 1 aliphatic carbocycles. The van der Waals surface area contributed by atoms with Gasteiger partial charge in [-0.25, -0.2) is 14.3 Å². The zero-order chi connectivity index (χ0) is 18.8. The Hall–Kier alpha value is -2.42. The molecule has 142 valence electrons. The van der Waals surface area contributed by atoms with Crippen LogP contribution in [0.25, 0.3) is 11.2 Å². The molecule has 0 bridgehead atoms. The number of aromatic nitrogens is 4. The molecule has 2 aromatic rings. The van der Waals surface area contributed by atoms with Gasteiger partial charge in [0.15, 0.2) is 5.65 Å². The Balaban J connectivity index is 2.16. The van der Waals surface area contributed by atoms with E-state index in [2.05, 4.69) is 9.97 Å². The highest BCUT2D eigenvalue weighted by Gasteiger charge is 2.25. The number of carboxylic acids is 1. The molecular formula is C17H24N4O5. The molecule has 9 heteroatoms. The van der Waals surface area contributed by atoms with E-state index in [4.69, 9.17) is 5.11 Å². The third-order valence-electron chi connectivity index (χ3n) is 4.90. The molecule has 2 heterocycles. The molecule has 2 atom stereocenters. The van der Waals surface area contributed by atoms with Crippen LogP contribution in [0.15, 0.2) is 9.59 Å². The number of H-pyrrole nitrogens is 1. The SMILES string of the molecule is CCCn1c(=O)n(CC(=O)O)c(=O)c2[nH]c([C@@H]3CCCC[C@H](O)C3)nc21. The molecule has 1 aliphatic rings. The number of aromatic amines is 1. The average molecular weight is 364 g/mol. The minimum Gasteiger partial charge on any atom is -0.480 e. The van der Waals surface area contributed by atoms with E-state index in [1.54, 1.807) is 0 Å². The average Bonchev–Trinajstić information content (AvgIpc) is 2.92. The number of aryl methyl sites for hydroxylation is 1. The standard InChI is InChI=1S/C17H24N4O5/c1-2-7-20-15-13(16(25)21(17(20)26)9-12(23)24)18-14(19-15)10-5-3-4-6-11(22)8-10/h10-11,22H,2-9H2,1H3,(H,18,19)(H,23,24)/t10-,11+/m1/s1. The molecule has 26 heavy (non-hydrogen) atoms. The molecule has 2 aromatic heterocycles. The molecule has 0 saturated heterocycles. The van der Waals surface area contributed by atoms with Gasteiger partial charge in [-0.1, -0.05) is 19.8 Å². The fourth-order valence-electron chi connectivity index (χ4n) is 3.66. The summed E-state index contributed by atoms with van der Waals surface area (Å²) in [4.78, 5) is 43.8. The van der Waals surface area contributed by atoms with Gasteiger partial charge in [-0.2, -0.15) is 0 Å². The first-order chi connectivity index (χ1) is 12.4. The van der Waals surface area contributed by atoms with Crippen LogP contribution in [0.2, 0.25) is 0 Å². The molecule has 1 fully saturated rings. The van der Waals surface area contributed by atoms with Gasteiger partial charge in [0.05, 0.1) is 6.10 Å². The molecule has 0 unspecified atom stereocenters. The molecule has 1 saturated carbocycles. The van der Waals surface area contributed by atoms with Gasteiger partial charge in [-0.3, -0.25) is 14.2 Å². The smallest absolute Gasteiger partial charge is 0.333 e. The first-order valence-corrected chi connectivity index (χ1v) is 9.05. The number of aliphatic carboxylic acids is 1. The minimum absolute atomic E-state index is 0.0163. The van der Waals surface area contributed by atoms with Crippen molar-refractivity contribution in [2.45, 2.75) is 70.6 Å². The lowest BCUT2D eigenvalue weighted by molar-refractivity contribution is -0.137. The number of imidazole rings is 1. The van der Waals surface area contributed by atoms with Crippen molar-refractivity contribution in [2.75, 3.05) is 0 Å². The van der Waals surface area contributed by atoms with Gasteiger partial charge in [0.2, 0.25) is 0 Å². The first kappa shape index (κ1) is 18.4. The van der Waals surface area contributed by atoms with Gasteiger partial charge in [-0.15, -0.1) is 0 Å². The van der Waals surface area contributed by atoms with E-state index in [1.165, 1.54) is 4.57 Å². The third-order valence-corrected chi connectivity index (χ3v) is 4.90. The number of rotatable bonds is 5. The van der Waals surface area contributed by atoms with E-state index < -0.39 is 29.9 Å². The summed E-state index contributed by atoms with van der Waals surface area (Å²) in [6.45, 7) is 1.54. The van der Waals surface area contributed by atoms with Crippen LogP contribution in [0.3, 0.4) is 0 Å². The summed E-state index contributed by atoms with van der Waals surface area (Å²) in [5, 5.41) is 19.1. The number of aliphatic hydroxyl groups excluding tert-OH is 1. The van der Waals surface area contributed by atoms with Crippen LogP contribution in [0, 0.1) is 0 Å². The largest absolute Gasteiger partial charge is 0.480 e. The Labute approximate surface area is 149 Å². The van der Waals surface area contributed by atoms with Crippen LogP contribution in [-0.4, -0.2) is 41.4 Å². The molecular weight excluding hydrogens is 340 g/mol. The summed E-state index contributed by atoms with van der Waals surface area (Å²) in [5.74, 6) is -0.689. The van der Waals surface area contributed by atoms with Crippen molar-refractivity contribution in [3.63, 3.8) is 0 Å². The van der Waals surface area contributed by atoms with E-state index in [0.717, 1.165) is 30.3 Å². The summed E-state index contributed by atoms with van der Waals surface area (Å²) in [7, 11) is 0. The van der Waals surface area contributed by atoms with Crippen molar-refractivity contribution in [3.05, 3.63) is 26.7 Å². The summed E-state index contributed by atoms with van der Waals surface area (Å²) >= 11 is 0. The fourth-order valence-corrected chi connectivity index (χ4v) is 3.66. The van der Waals surface area contributed by atoms with Crippen molar-refractivity contribution < 1.29 is 15.0 Å². The number of nitrogens with zero attached hydrogens (tertiary/aromatic N) is 3. The maximum Gasteiger partial charge on any atom is 0.333 e. The van der Waals surface area contributed by atoms with Gasteiger partial charge in [0.25, 0.3) is 5.56 Å². The number of carboxylic acid groups (broad SMARTS) is 1. The molecule has 0 aliphatic heterocycles. The third kappa shape index (κ3) is 3.44. The molecule has 0 aromatic carbocycles. The van der Waals surface area contributed by atoms with Crippen molar-refractivity contribution in [1.29, 1.82) is 0 Å². The normalized spacial score (nSPS) is 21.0. The van der Waals surface area contributed by atoms with Crippen LogP contribution in [-0.2, 0) is 17.9 Å². The van der Waals surface area contributed by atoms with Crippen LogP contribution < -0.4 is 11.2 Å². The van der Waals surface area contributed by atoms with Crippen LogP contribution >= 0.6 is 0 Å². The first-order valence-electron chi connectivity index (χ1n) is 9.05. The maximum absolute atomic E-state index is 12.6. The minimum atomic E-state index is -1.25. The lowest BCUT2D eigenvalue weighted by atomic mass is 9.99. The van der Waals surface area contributed by atoms with Crippen molar-refractivity contribution in [1.82, 2.24) is 19.1 Å². The Morgan fingerprint density at radius 2 is 2.00 bits per heavy atom. The topological polar surface area (TPSA) is 130 Å². The number of hydrogen-bond donors (Lipinski definition) is 3. The van der Waals surface area contributed by atoms with Crippen molar-refractivity contribution in [2.24, 2.45) is 0 Å². The Kier molecular flexibility index (Phi) is 5.26. The molecule has 3 N–H and O–H groups in total. The van der Waals surface area contributed by atoms with Crippen LogP contribution in [0.4, 0.5) is 0 Å². The van der Waals surface area contributed by atoms with Crippen molar-refractivity contribution >= 4 is 17.1 Å². The predicted molar refractivity (Wildman–Crippen MR) is 94.4 cm³/mol. The Morgan fingerprint density at radius 1 is 1.27 bits per heavy atom. The second-order valence-corrected chi connectivity index (χ2v) is 6.91. The van der Waals surface area contributed by atoms with Gasteiger partial charge in [0, 0.05) is 12.5 Å². The summed E-state index contributed by atoms with van der Waals surface area (Å²) in [5.41, 5.74) is -0.927.